The van der Waals surface area contributed by atoms with Crippen molar-refractivity contribution in [2.75, 3.05) is 36.4 Å². The van der Waals surface area contributed by atoms with E-state index in [0.717, 1.165) is 16.8 Å². The number of pyridine rings is 1. The van der Waals surface area contributed by atoms with Crippen molar-refractivity contribution in [2.24, 2.45) is 0 Å². The number of aryl methyl sites for hydroxylation is 1. The fraction of sp³-hybridized carbons (Fsp3) is 0.229. The Hall–Kier alpha value is -5.51. The van der Waals surface area contributed by atoms with Crippen LogP contribution in [-0.4, -0.2) is 64.9 Å². The van der Waals surface area contributed by atoms with E-state index in [-0.39, 0.29) is 30.2 Å². The summed E-state index contributed by atoms with van der Waals surface area (Å²) in [6, 6.07) is 24.5. The Morgan fingerprint density at radius 3 is 2.27 bits per heavy atom. The van der Waals surface area contributed by atoms with E-state index in [9.17, 15) is 24.3 Å². The first-order valence-corrected chi connectivity index (χ1v) is 14.8. The van der Waals surface area contributed by atoms with Crippen molar-refractivity contribution in [3.8, 4) is 0 Å². The highest BCUT2D eigenvalue weighted by Gasteiger charge is 2.25. The number of anilines is 2. The molecule has 0 bridgehead atoms. The molecule has 0 radical (unpaired) electrons. The standard InChI is InChI=1S/C35H35N5O5/c1-24-9-11-26(12-10-24)29(22-33(42)43)38-34(44)27-13-14-31(30(21-27)37-32(41)20-25-6-3-2-4-7-25)39-16-18-40(19-17-39)35(45)28-8-5-15-36-23-28/h2-15,21,23,29H,16-20,22H2,1H3,(H,37,41)(H,38,44)(H,42,43). The molecular formula is C35H35N5O5. The second-order valence-corrected chi connectivity index (χ2v) is 11.0. The van der Waals surface area contributed by atoms with Crippen LogP contribution in [0.15, 0.2) is 97.3 Å². The van der Waals surface area contributed by atoms with E-state index in [1.165, 1.54) is 0 Å². The first-order chi connectivity index (χ1) is 21.8. The Kier molecular flexibility index (Phi) is 9.83. The van der Waals surface area contributed by atoms with Crippen molar-refractivity contribution in [3.63, 3.8) is 0 Å². The number of rotatable bonds is 10. The zero-order valence-electron chi connectivity index (χ0n) is 25.0. The van der Waals surface area contributed by atoms with Crippen LogP contribution in [0.5, 0.6) is 0 Å². The number of piperazine rings is 1. The van der Waals surface area contributed by atoms with Crippen LogP contribution in [-0.2, 0) is 16.0 Å². The van der Waals surface area contributed by atoms with Crippen molar-refractivity contribution in [1.82, 2.24) is 15.2 Å². The number of carboxylic acid groups (broad SMARTS) is 1. The van der Waals surface area contributed by atoms with E-state index in [0.29, 0.717) is 43.0 Å². The summed E-state index contributed by atoms with van der Waals surface area (Å²) in [4.78, 5) is 59.1. The van der Waals surface area contributed by atoms with Crippen molar-refractivity contribution < 1.29 is 24.3 Å². The molecule has 5 rings (SSSR count). The Bertz CT molecular complexity index is 1650. The summed E-state index contributed by atoms with van der Waals surface area (Å²) in [7, 11) is 0. The van der Waals surface area contributed by atoms with Gasteiger partial charge in [-0.1, -0.05) is 60.2 Å². The third kappa shape index (κ3) is 8.11. The lowest BCUT2D eigenvalue weighted by Gasteiger charge is -2.37. The van der Waals surface area contributed by atoms with E-state index in [1.54, 1.807) is 59.8 Å². The van der Waals surface area contributed by atoms with Gasteiger partial charge in [-0.25, -0.2) is 0 Å². The topological polar surface area (TPSA) is 132 Å². The number of carbonyl (C=O) groups is 4. The average molecular weight is 606 g/mol. The molecule has 1 aliphatic rings. The van der Waals surface area contributed by atoms with Gasteiger partial charge < -0.3 is 25.5 Å². The Morgan fingerprint density at radius 1 is 0.867 bits per heavy atom. The highest BCUT2D eigenvalue weighted by atomic mass is 16.4. The number of amides is 3. The smallest absolute Gasteiger partial charge is 0.305 e. The number of carboxylic acids is 1. The Morgan fingerprint density at radius 2 is 1.60 bits per heavy atom. The molecule has 1 saturated heterocycles. The monoisotopic (exact) mass is 605 g/mol. The molecule has 45 heavy (non-hydrogen) atoms. The predicted molar refractivity (Wildman–Crippen MR) is 171 cm³/mol. The highest BCUT2D eigenvalue weighted by molar-refractivity contribution is 6.01. The summed E-state index contributed by atoms with van der Waals surface area (Å²) in [6.45, 7) is 3.92. The summed E-state index contributed by atoms with van der Waals surface area (Å²) in [6.07, 6.45) is 3.05. The SMILES string of the molecule is Cc1ccc(C(CC(=O)O)NC(=O)c2ccc(N3CCN(C(=O)c4cccnc4)CC3)c(NC(=O)Cc3ccccc3)c2)cc1. The van der Waals surface area contributed by atoms with Gasteiger partial charge in [-0.3, -0.25) is 24.2 Å². The van der Waals surface area contributed by atoms with Crippen molar-refractivity contribution >= 4 is 35.1 Å². The lowest BCUT2D eigenvalue weighted by molar-refractivity contribution is -0.137. The molecule has 1 aromatic heterocycles. The van der Waals surface area contributed by atoms with Gasteiger partial charge in [0.25, 0.3) is 11.8 Å². The minimum atomic E-state index is -1.04. The lowest BCUT2D eigenvalue weighted by atomic mass is 10.0. The van der Waals surface area contributed by atoms with Crippen LogP contribution >= 0.6 is 0 Å². The van der Waals surface area contributed by atoms with Gasteiger partial charge in [0.1, 0.15) is 0 Å². The molecule has 1 aliphatic heterocycles. The van der Waals surface area contributed by atoms with Crippen LogP contribution in [0.1, 0.15) is 49.9 Å². The molecule has 230 valence electrons. The first-order valence-electron chi connectivity index (χ1n) is 14.8. The Balaban J connectivity index is 1.37. The number of aliphatic carboxylic acids is 1. The first kappa shape index (κ1) is 30.9. The molecule has 4 aromatic rings. The molecule has 1 fully saturated rings. The number of hydrogen-bond acceptors (Lipinski definition) is 6. The molecule has 3 N–H and O–H groups in total. The van der Waals surface area contributed by atoms with Crippen molar-refractivity contribution in [2.45, 2.75) is 25.8 Å². The van der Waals surface area contributed by atoms with Crippen molar-refractivity contribution in [1.29, 1.82) is 0 Å². The average Bonchev–Trinajstić information content (AvgIpc) is 3.05. The summed E-state index contributed by atoms with van der Waals surface area (Å²) in [5.41, 5.74) is 4.55. The number of nitrogens with one attached hydrogen (secondary N) is 2. The van der Waals surface area contributed by atoms with Crippen LogP contribution in [0, 0.1) is 6.92 Å². The van der Waals surface area contributed by atoms with Gasteiger partial charge in [-0.15, -0.1) is 0 Å². The third-order valence-corrected chi connectivity index (χ3v) is 7.72. The number of carbonyl (C=O) groups excluding carboxylic acids is 3. The molecule has 0 saturated carbocycles. The molecule has 1 atom stereocenters. The summed E-state index contributed by atoms with van der Waals surface area (Å²) in [5, 5.41) is 15.4. The van der Waals surface area contributed by atoms with E-state index in [1.807, 2.05) is 49.4 Å². The second-order valence-electron chi connectivity index (χ2n) is 11.0. The molecule has 0 spiro atoms. The number of aromatic nitrogens is 1. The van der Waals surface area contributed by atoms with Gasteiger partial charge >= 0.3 is 5.97 Å². The highest BCUT2D eigenvalue weighted by Crippen LogP contribution is 2.30. The van der Waals surface area contributed by atoms with E-state index >= 15 is 0 Å². The van der Waals surface area contributed by atoms with Crippen molar-refractivity contribution in [3.05, 3.63) is 125 Å². The minimum Gasteiger partial charge on any atom is -0.481 e. The van der Waals surface area contributed by atoms with E-state index in [2.05, 4.69) is 20.5 Å². The maximum atomic E-state index is 13.5. The maximum Gasteiger partial charge on any atom is 0.305 e. The van der Waals surface area contributed by atoms with Crippen LogP contribution in [0.25, 0.3) is 0 Å². The van der Waals surface area contributed by atoms with Gasteiger partial charge in [0, 0.05) is 44.1 Å². The quantitative estimate of drug-likeness (QED) is 0.243. The van der Waals surface area contributed by atoms with Crippen LogP contribution in [0.4, 0.5) is 11.4 Å². The minimum absolute atomic E-state index is 0.0874. The molecule has 0 aliphatic carbocycles. The second kappa shape index (κ2) is 14.3. The van der Waals surface area contributed by atoms with Crippen LogP contribution in [0.3, 0.4) is 0 Å². The fourth-order valence-corrected chi connectivity index (χ4v) is 5.32. The Labute approximate surface area is 261 Å². The fourth-order valence-electron chi connectivity index (χ4n) is 5.32. The molecule has 3 amide bonds. The molecule has 2 heterocycles. The van der Waals surface area contributed by atoms with Crippen LogP contribution < -0.4 is 15.5 Å². The summed E-state index contributed by atoms with van der Waals surface area (Å²) in [5.74, 6) is -1.82. The van der Waals surface area contributed by atoms with Gasteiger partial charge in [-0.2, -0.15) is 0 Å². The van der Waals surface area contributed by atoms with Gasteiger partial charge in [0.2, 0.25) is 5.91 Å². The summed E-state index contributed by atoms with van der Waals surface area (Å²) >= 11 is 0. The predicted octanol–water partition coefficient (Wildman–Crippen LogP) is 4.48. The number of benzene rings is 3. The van der Waals surface area contributed by atoms with Gasteiger partial charge in [0.05, 0.1) is 35.8 Å². The maximum absolute atomic E-state index is 13.5. The molecule has 10 heteroatoms. The number of hydrogen-bond donors (Lipinski definition) is 3. The van der Waals surface area contributed by atoms with E-state index in [4.69, 9.17) is 0 Å². The van der Waals surface area contributed by atoms with Gasteiger partial charge in [0.15, 0.2) is 0 Å². The largest absolute Gasteiger partial charge is 0.481 e. The lowest BCUT2D eigenvalue weighted by Crippen LogP contribution is -2.49. The zero-order valence-corrected chi connectivity index (χ0v) is 25.0. The normalized spacial score (nSPS) is 13.5. The molecule has 3 aromatic carbocycles. The molecule has 10 nitrogen and oxygen atoms in total. The molecule has 1 unspecified atom stereocenters. The van der Waals surface area contributed by atoms with E-state index < -0.39 is 17.9 Å². The van der Waals surface area contributed by atoms with Crippen LogP contribution in [0.2, 0.25) is 0 Å². The summed E-state index contributed by atoms with van der Waals surface area (Å²) < 4.78 is 0. The van der Waals surface area contributed by atoms with Gasteiger partial charge in [-0.05, 0) is 48.4 Å². The third-order valence-electron chi connectivity index (χ3n) is 7.72. The number of nitrogens with zero attached hydrogens (tertiary/aromatic N) is 3. The zero-order chi connectivity index (χ0) is 31.8. The molecular weight excluding hydrogens is 570 g/mol.